The topological polar surface area (TPSA) is 126 Å². The van der Waals surface area contributed by atoms with Gasteiger partial charge in [-0.05, 0) is 12.1 Å². The Labute approximate surface area is 114 Å². The first-order valence-corrected chi connectivity index (χ1v) is 5.44. The van der Waals surface area contributed by atoms with Gasteiger partial charge in [0, 0.05) is 6.20 Å². The molecule has 0 aromatic heterocycles. The summed E-state index contributed by atoms with van der Waals surface area (Å²) in [4.78, 5) is 22.1. The normalized spacial score (nSPS) is 10.0. The second-order valence-corrected chi connectivity index (χ2v) is 3.56. The molecule has 1 rings (SSSR count). The van der Waals surface area contributed by atoms with E-state index >= 15 is 0 Å². The molecule has 0 spiro atoms. The van der Waals surface area contributed by atoms with E-state index in [9.17, 15) is 9.59 Å². The molecule has 3 N–H and O–H groups in total. The third-order valence-electron chi connectivity index (χ3n) is 2.16. The minimum Gasteiger partial charge on any atom is -0.480 e. The standard InChI is InChI=1S/C13H10N4O3/c14-5-9-3-1-2-4-11(9)17-13(20)10(6-15)7-16-8-12(18)19/h1-4,7,16H,8H2,(H,17,20)(H,18,19)/b10-7-. The van der Waals surface area contributed by atoms with E-state index in [4.69, 9.17) is 15.6 Å². The number of nitriles is 2. The van der Waals surface area contributed by atoms with Gasteiger partial charge in [0.15, 0.2) is 0 Å². The molecule has 7 heteroatoms. The number of hydrogen-bond acceptors (Lipinski definition) is 5. The van der Waals surface area contributed by atoms with Gasteiger partial charge in [-0.1, -0.05) is 12.1 Å². The fraction of sp³-hybridized carbons (Fsp3) is 0.0769. The van der Waals surface area contributed by atoms with Gasteiger partial charge >= 0.3 is 5.97 Å². The van der Waals surface area contributed by atoms with Crippen LogP contribution >= 0.6 is 0 Å². The Bertz CT molecular complexity index is 638. The molecule has 0 saturated heterocycles. The lowest BCUT2D eigenvalue weighted by atomic mass is 10.2. The third kappa shape index (κ3) is 4.17. The predicted octanol–water partition coefficient (Wildman–Crippen LogP) is 0.578. The van der Waals surface area contributed by atoms with Crippen LogP contribution in [0.3, 0.4) is 0 Å². The van der Waals surface area contributed by atoms with E-state index in [2.05, 4.69) is 10.6 Å². The monoisotopic (exact) mass is 270 g/mol. The van der Waals surface area contributed by atoms with Gasteiger partial charge in [-0.15, -0.1) is 0 Å². The molecule has 0 heterocycles. The van der Waals surface area contributed by atoms with Crippen LogP contribution in [0.4, 0.5) is 5.69 Å². The largest absolute Gasteiger partial charge is 0.480 e. The molecule has 0 saturated carbocycles. The SMILES string of the molecule is N#C/C(=C/NCC(=O)O)C(=O)Nc1ccccc1C#N. The van der Waals surface area contributed by atoms with Crippen molar-refractivity contribution in [2.45, 2.75) is 0 Å². The van der Waals surface area contributed by atoms with Crippen LogP contribution in [-0.2, 0) is 9.59 Å². The number of hydrogen-bond donors (Lipinski definition) is 3. The number of para-hydroxylation sites is 1. The Hall–Kier alpha value is -3.32. The van der Waals surface area contributed by atoms with Crippen molar-refractivity contribution in [3.05, 3.63) is 41.6 Å². The van der Waals surface area contributed by atoms with Crippen molar-refractivity contribution >= 4 is 17.6 Å². The summed E-state index contributed by atoms with van der Waals surface area (Å²) in [5, 5.41) is 30.9. The van der Waals surface area contributed by atoms with Crippen LogP contribution in [0.5, 0.6) is 0 Å². The molecule has 0 aliphatic rings. The molecule has 100 valence electrons. The molecule has 0 radical (unpaired) electrons. The molecular formula is C13H10N4O3. The molecular weight excluding hydrogens is 260 g/mol. The number of amides is 1. The van der Waals surface area contributed by atoms with Crippen molar-refractivity contribution in [3.8, 4) is 12.1 Å². The first kappa shape index (κ1) is 14.7. The molecule has 0 aliphatic carbocycles. The average Bonchev–Trinajstić information content (AvgIpc) is 2.43. The number of rotatable bonds is 5. The first-order valence-electron chi connectivity index (χ1n) is 5.44. The molecule has 0 unspecified atom stereocenters. The number of carbonyl (C=O) groups excluding carboxylic acids is 1. The Morgan fingerprint density at radius 3 is 2.60 bits per heavy atom. The zero-order valence-electron chi connectivity index (χ0n) is 10.3. The fourth-order valence-corrected chi connectivity index (χ4v) is 1.27. The van der Waals surface area contributed by atoms with Crippen molar-refractivity contribution in [1.82, 2.24) is 5.32 Å². The van der Waals surface area contributed by atoms with E-state index in [1.807, 2.05) is 6.07 Å². The molecule has 0 bridgehead atoms. The molecule has 7 nitrogen and oxygen atoms in total. The maximum atomic E-state index is 11.8. The molecule has 0 aliphatic heterocycles. The number of aliphatic carboxylic acids is 1. The second kappa shape index (κ2) is 7.19. The molecule has 0 fully saturated rings. The summed E-state index contributed by atoms with van der Waals surface area (Å²) in [5.41, 5.74) is 0.245. The first-order chi connectivity index (χ1) is 9.58. The zero-order chi connectivity index (χ0) is 15.0. The highest BCUT2D eigenvalue weighted by Gasteiger charge is 2.11. The van der Waals surface area contributed by atoms with E-state index in [-0.39, 0.29) is 16.8 Å². The third-order valence-corrected chi connectivity index (χ3v) is 2.16. The highest BCUT2D eigenvalue weighted by Crippen LogP contribution is 2.14. The van der Waals surface area contributed by atoms with Crippen LogP contribution in [-0.4, -0.2) is 23.5 Å². The Morgan fingerprint density at radius 1 is 1.30 bits per heavy atom. The van der Waals surface area contributed by atoms with Crippen molar-refractivity contribution in [2.24, 2.45) is 0 Å². The van der Waals surface area contributed by atoms with Crippen LogP contribution in [0.2, 0.25) is 0 Å². The average molecular weight is 270 g/mol. The number of carboxylic acid groups (broad SMARTS) is 1. The Balaban J connectivity index is 2.81. The van der Waals surface area contributed by atoms with Crippen molar-refractivity contribution in [1.29, 1.82) is 10.5 Å². The lowest BCUT2D eigenvalue weighted by molar-refractivity contribution is -0.135. The van der Waals surface area contributed by atoms with Crippen LogP contribution in [0, 0.1) is 22.7 Å². The highest BCUT2D eigenvalue weighted by atomic mass is 16.4. The van der Waals surface area contributed by atoms with Crippen LogP contribution in [0.1, 0.15) is 5.56 Å². The highest BCUT2D eigenvalue weighted by molar-refractivity contribution is 6.07. The number of benzene rings is 1. The van der Waals surface area contributed by atoms with Crippen LogP contribution in [0.25, 0.3) is 0 Å². The summed E-state index contributed by atoms with van der Waals surface area (Å²) < 4.78 is 0. The van der Waals surface area contributed by atoms with Gasteiger partial charge in [0.2, 0.25) is 0 Å². The summed E-state index contributed by atoms with van der Waals surface area (Å²) in [6, 6.07) is 9.87. The van der Waals surface area contributed by atoms with Gasteiger partial charge in [0.25, 0.3) is 5.91 Å². The number of carbonyl (C=O) groups is 2. The number of anilines is 1. The van der Waals surface area contributed by atoms with Gasteiger partial charge in [0.1, 0.15) is 24.3 Å². The Morgan fingerprint density at radius 2 is 2.00 bits per heavy atom. The van der Waals surface area contributed by atoms with Gasteiger partial charge in [-0.25, -0.2) is 0 Å². The molecule has 1 aromatic carbocycles. The van der Waals surface area contributed by atoms with Crippen LogP contribution in [0.15, 0.2) is 36.0 Å². The van der Waals surface area contributed by atoms with Gasteiger partial charge in [-0.3, -0.25) is 9.59 Å². The second-order valence-electron chi connectivity index (χ2n) is 3.56. The van der Waals surface area contributed by atoms with Gasteiger partial charge in [-0.2, -0.15) is 10.5 Å². The van der Waals surface area contributed by atoms with Gasteiger partial charge < -0.3 is 15.7 Å². The van der Waals surface area contributed by atoms with Crippen molar-refractivity contribution < 1.29 is 14.7 Å². The molecule has 0 atom stereocenters. The fourth-order valence-electron chi connectivity index (χ4n) is 1.27. The molecule has 1 aromatic rings. The number of nitrogens with one attached hydrogen (secondary N) is 2. The van der Waals surface area contributed by atoms with E-state index in [1.54, 1.807) is 18.2 Å². The summed E-state index contributed by atoms with van der Waals surface area (Å²) >= 11 is 0. The van der Waals surface area contributed by atoms with E-state index in [0.29, 0.717) is 0 Å². The van der Waals surface area contributed by atoms with E-state index in [1.165, 1.54) is 12.1 Å². The number of carboxylic acids is 1. The lowest BCUT2D eigenvalue weighted by Gasteiger charge is -2.05. The van der Waals surface area contributed by atoms with Gasteiger partial charge in [0.05, 0.1) is 11.3 Å². The minimum atomic E-state index is -1.12. The maximum absolute atomic E-state index is 11.8. The minimum absolute atomic E-state index is 0.261. The number of nitrogens with zero attached hydrogens (tertiary/aromatic N) is 2. The summed E-state index contributed by atoms with van der Waals surface area (Å²) in [5.74, 6) is -1.85. The van der Waals surface area contributed by atoms with Crippen LogP contribution < -0.4 is 10.6 Å². The Kier molecular flexibility index (Phi) is 5.30. The van der Waals surface area contributed by atoms with E-state index < -0.39 is 18.4 Å². The maximum Gasteiger partial charge on any atom is 0.322 e. The quantitative estimate of drug-likeness (QED) is 0.530. The van der Waals surface area contributed by atoms with Crippen molar-refractivity contribution in [3.63, 3.8) is 0 Å². The smallest absolute Gasteiger partial charge is 0.322 e. The predicted molar refractivity (Wildman–Crippen MR) is 69.1 cm³/mol. The summed E-state index contributed by atoms with van der Waals surface area (Å²) in [6.07, 6.45) is 1.01. The summed E-state index contributed by atoms with van der Waals surface area (Å²) in [7, 11) is 0. The van der Waals surface area contributed by atoms with Crippen molar-refractivity contribution in [2.75, 3.05) is 11.9 Å². The molecule has 1 amide bonds. The van der Waals surface area contributed by atoms with E-state index in [0.717, 1.165) is 6.20 Å². The summed E-state index contributed by atoms with van der Waals surface area (Å²) in [6.45, 7) is -0.409. The molecule has 20 heavy (non-hydrogen) atoms. The zero-order valence-corrected chi connectivity index (χ0v) is 10.3. The lowest BCUT2D eigenvalue weighted by Crippen LogP contribution is -2.21.